The van der Waals surface area contributed by atoms with Crippen molar-refractivity contribution in [2.75, 3.05) is 31.1 Å². The van der Waals surface area contributed by atoms with Gasteiger partial charge in [-0.25, -0.2) is 4.98 Å². The van der Waals surface area contributed by atoms with Gasteiger partial charge >= 0.3 is 6.18 Å². The third-order valence-corrected chi connectivity index (χ3v) is 4.61. The molecule has 1 aliphatic rings. The Kier molecular flexibility index (Phi) is 5.14. The first-order valence-electron chi connectivity index (χ1n) is 8.13. The number of aromatic nitrogens is 2. The van der Waals surface area contributed by atoms with Crippen LogP contribution in [0, 0.1) is 0 Å². The van der Waals surface area contributed by atoms with E-state index in [0.717, 1.165) is 12.3 Å². The second-order valence-electron chi connectivity index (χ2n) is 6.16. The maximum Gasteiger partial charge on any atom is 0.417 e. The molecule has 3 heterocycles. The Labute approximate surface area is 157 Å². The number of halogens is 4. The lowest BCUT2D eigenvalue weighted by Crippen LogP contribution is -2.49. The summed E-state index contributed by atoms with van der Waals surface area (Å²) in [5, 5.41) is -0.0833. The zero-order valence-electron chi connectivity index (χ0n) is 14.3. The Hall–Kier alpha value is -2.55. The van der Waals surface area contributed by atoms with Crippen LogP contribution in [0.4, 0.5) is 19.0 Å². The molecule has 0 atom stereocenters. The lowest BCUT2D eigenvalue weighted by molar-refractivity contribution is -0.137. The Balaban J connectivity index is 1.66. The molecule has 1 aliphatic heterocycles. The number of carbonyl (C=O) groups excluding carboxylic acids is 2. The van der Waals surface area contributed by atoms with E-state index < -0.39 is 11.7 Å². The zero-order chi connectivity index (χ0) is 19.8. The van der Waals surface area contributed by atoms with Gasteiger partial charge in [-0.05, 0) is 19.1 Å². The number of pyridine rings is 1. The summed E-state index contributed by atoms with van der Waals surface area (Å²) < 4.78 is 38.1. The van der Waals surface area contributed by atoms with E-state index >= 15 is 0 Å². The van der Waals surface area contributed by atoms with E-state index in [2.05, 4.69) is 9.97 Å². The van der Waals surface area contributed by atoms with E-state index in [4.69, 9.17) is 11.6 Å². The molecule has 3 rings (SSSR count). The van der Waals surface area contributed by atoms with Crippen LogP contribution in [0.1, 0.15) is 33.3 Å². The van der Waals surface area contributed by atoms with Gasteiger partial charge in [-0.15, -0.1) is 0 Å². The average Bonchev–Trinajstić information content (AvgIpc) is 3.11. The van der Waals surface area contributed by atoms with Crippen molar-refractivity contribution in [2.45, 2.75) is 13.1 Å². The summed E-state index contributed by atoms with van der Waals surface area (Å²) in [6, 6.07) is 2.36. The fourth-order valence-corrected chi connectivity index (χ4v) is 3.12. The molecule has 10 heteroatoms. The van der Waals surface area contributed by atoms with E-state index in [-0.39, 0.29) is 22.5 Å². The molecule has 27 heavy (non-hydrogen) atoms. The van der Waals surface area contributed by atoms with Crippen LogP contribution in [0.25, 0.3) is 0 Å². The molecule has 1 saturated heterocycles. The number of alkyl halides is 3. The molecule has 0 aliphatic carbocycles. The number of ketones is 1. The number of amides is 1. The predicted molar refractivity (Wildman–Crippen MR) is 93.2 cm³/mol. The molecule has 1 N–H and O–H groups in total. The SMILES string of the molecule is CC(=O)c1c[nH]c(C(=O)N2CCN(c3ncc(C(F)(F)F)cc3Cl)CC2)c1. The first-order chi connectivity index (χ1) is 12.7. The second-order valence-corrected chi connectivity index (χ2v) is 6.57. The summed E-state index contributed by atoms with van der Waals surface area (Å²) in [6.45, 7) is 2.88. The van der Waals surface area contributed by atoms with Crippen molar-refractivity contribution in [3.8, 4) is 0 Å². The van der Waals surface area contributed by atoms with Gasteiger partial charge in [-0.2, -0.15) is 13.2 Å². The summed E-state index contributed by atoms with van der Waals surface area (Å²) in [7, 11) is 0. The van der Waals surface area contributed by atoms with Gasteiger partial charge in [-0.1, -0.05) is 11.6 Å². The minimum absolute atomic E-state index is 0.0833. The van der Waals surface area contributed by atoms with Crippen LogP contribution >= 0.6 is 11.6 Å². The molecule has 2 aromatic rings. The minimum Gasteiger partial charge on any atom is -0.356 e. The number of hydrogen-bond donors (Lipinski definition) is 1. The highest BCUT2D eigenvalue weighted by atomic mass is 35.5. The summed E-state index contributed by atoms with van der Waals surface area (Å²) in [5.41, 5.74) is -0.157. The Bertz CT molecular complexity index is 873. The van der Waals surface area contributed by atoms with Crippen molar-refractivity contribution in [1.29, 1.82) is 0 Å². The number of H-pyrrole nitrogens is 1. The molecule has 0 bridgehead atoms. The molecule has 0 spiro atoms. The van der Waals surface area contributed by atoms with Crippen LogP contribution < -0.4 is 4.90 Å². The van der Waals surface area contributed by atoms with Crippen LogP contribution in [-0.4, -0.2) is 52.7 Å². The summed E-state index contributed by atoms with van der Waals surface area (Å²) >= 11 is 5.97. The third-order valence-electron chi connectivity index (χ3n) is 4.34. The molecular formula is C17H16ClF3N4O2. The molecule has 2 aromatic heterocycles. The molecule has 0 unspecified atom stereocenters. The van der Waals surface area contributed by atoms with Crippen molar-refractivity contribution in [1.82, 2.24) is 14.9 Å². The molecular weight excluding hydrogens is 385 g/mol. The van der Waals surface area contributed by atoms with Crippen molar-refractivity contribution < 1.29 is 22.8 Å². The normalized spacial score (nSPS) is 15.1. The third kappa shape index (κ3) is 4.08. The standard InChI is InChI=1S/C17H16ClF3N4O2/c1-10(26)11-6-14(22-8-11)16(27)25-4-2-24(3-5-25)15-13(18)7-12(9-23-15)17(19,20)21/h6-9,22H,2-5H2,1H3. The summed E-state index contributed by atoms with van der Waals surface area (Å²) in [6.07, 6.45) is -2.27. The van der Waals surface area contributed by atoms with Gasteiger partial charge in [0.05, 0.1) is 10.6 Å². The number of piperazine rings is 1. The summed E-state index contributed by atoms with van der Waals surface area (Å²) in [5.74, 6) is -0.123. The highest BCUT2D eigenvalue weighted by molar-refractivity contribution is 6.33. The van der Waals surface area contributed by atoms with Crippen LogP contribution in [0.15, 0.2) is 24.5 Å². The van der Waals surface area contributed by atoms with Gasteiger partial charge in [0, 0.05) is 44.1 Å². The Morgan fingerprint density at radius 1 is 1.19 bits per heavy atom. The summed E-state index contributed by atoms with van der Waals surface area (Å²) in [4.78, 5) is 33.8. The number of nitrogens with one attached hydrogen (secondary N) is 1. The van der Waals surface area contributed by atoms with E-state index in [9.17, 15) is 22.8 Å². The van der Waals surface area contributed by atoms with E-state index in [1.54, 1.807) is 9.80 Å². The number of anilines is 1. The predicted octanol–water partition coefficient (Wildman–Crippen LogP) is 3.25. The van der Waals surface area contributed by atoms with E-state index in [1.165, 1.54) is 19.2 Å². The Morgan fingerprint density at radius 2 is 1.85 bits per heavy atom. The van der Waals surface area contributed by atoms with E-state index in [0.29, 0.717) is 37.4 Å². The maximum absolute atomic E-state index is 12.7. The second kappa shape index (κ2) is 7.22. The van der Waals surface area contributed by atoms with E-state index in [1.807, 2.05) is 0 Å². The lowest BCUT2D eigenvalue weighted by Gasteiger charge is -2.35. The number of carbonyl (C=O) groups is 2. The van der Waals surface area contributed by atoms with Gasteiger partial charge in [0.15, 0.2) is 5.78 Å². The smallest absolute Gasteiger partial charge is 0.356 e. The average molecular weight is 401 g/mol. The topological polar surface area (TPSA) is 69.3 Å². The van der Waals surface area contributed by atoms with Gasteiger partial charge in [0.2, 0.25) is 0 Å². The maximum atomic E-state index is 12.7. The van der Waals surface area contributed by atoms with Crippen molar-refractivity contribution in [3.63, 3.8) is 0 Å². The lowest BCUT2D eigenvalue weighted by atomic mass is 10.2. The zero-order valence-corrected chi connectivity index (χ0v) is 15.1. The van der Waals surface area contributed by atoms with Crippen LogP contribution in [0.3, 0.4) is 0 Å². The molecule has 144 valence electrons. The molecule has 6 nitrogen and oxygen atoms in total. The molecule has 0 radical (unpaired) electrons. The number of rotatable bonds is 3. The number of hydrogen-bond acceptors (Lipinski definition) is 4. The number of aromatic amines is 1. The molecule has 1 fully saturated rings. The first kappa shape index (κ1) is 19.2. The molecule has 0 aromatic carbocycles. The molecule has 1 amide bonds. The highest BCUT2D eigenvalue weighted by Gasteiger charge is 2.32. The highest BCUT2D eigenvalue weighted by Crippen LogP contribution is 2.33. The van der Waals surface area contributed by atoms with Gasteiger partial charge in [0.25, 0.3) is 5.91 Å². The fourth-order valence-electron chi connectivity index (χ4n) is 2.83. The Morgan fingerprint density at radius 3 is 2.37 bits per heavy atom. The van der Waals surface area contributed by atoms with Crippen molar-refractivity contribution >= 4 is 29.1 Å². The van der Waals surface area contributed by atoms with Gasteiger partial charge < -0.3 is 14.8 Å². The number of Topliss-reactive ketones (excluding diaryl/α,β-unsaturated/α-hetero) is 1. The van der Waals surface area contributed by atoms with Crippen molar-refractivity contribution in [2.24, 2.45) is 0 Å². The minimum atomic E-state index is -4.50. The monoisotopic (exact) mass is 400 g/mol. The quantitative estimate of drug-likeness (QED) is 0.803. The van der Waals surface area contributed by atoms with Gasteiger partial charge in [0.1, 0.15) is 11.5 Å². The van der Waals surface area contributed by atoms with Crippen LogP contribution in [0.5, 0.6) is 0 Å². The van der Waals surface area contributed by atoms with Gasteiger partial charge in [-0.3, -0.25) is 9.59 Å². The van der Waals surface area contributed by atoms with Crippen molar-refractivity contribution in [3.05, 3.63) is 46.4 Å². The fraction of sp³-hybridized carbons (Fsp3) is 0.353. The van der Waals surface area contributed by atoms with Crippen LogP contribution in [0.2, 0.25) is 5.02 Å². The largest absolute Gasteiger partial charge is 0.417 e. The molecule has 0 saturated carbocycles. The first-order valence-corrected chi connectivity index (χ1v) is 8.51. The van der Waals surface area contributed by atoms with Crippen LogP contribution in [-0.2, 0) is 6.18 Å². The number of nitrogens with zero attached hydrogens (tertiary/aromatic N) is 3.